The summed E-state index contributed by atoms with van der Waals surface area (Å²) in [5.74, 6) is -0.0315. The number of rotatable bonds is 6. The maximum atomic E-state index is 12.2. The molecule has 1 atom stereocenters. The number of amides is 2. The molecular weight excluding hydrogens is 364 g/mol. The summed E-state index contributed by atoms with van der Waals surface area (Å²) in [6, 6.07) is 10.2. The van der Waals surface area contributed by atoms with Crippen molar-refractivity contribution in [2.24, 2.45) is 0 Å². The Kier molecular flexibility index (Phi) is 6.00. The summed E-state index contributed by atoms with van der Waals surface area (Å²) in [7, 11) is 2.95. The van der Waals surface area contributed by atoms with Crippen LogP contribution < -0.4 is 24.8 Å². The number of aliphatic hydroxyl groups is 1. The van der Waals surface area contributed by atoms with Gasteiger partial charge >= 0.3 is 11.8 Å². The molecule has 0 saturated carbocycles. The SMILES string of the molecule is COc1ccc(OC)c(NC(=O)C(=O)NCC(O)c2ccc3c(c2)CCO3)c1. The second-order valence-corrected chi connectivity index (χ2v) is 6.21. The molecule has 0 bridgehead atoms. The van der Waals surface area contributed by atoms with Gasteiger partial charge in [0.1, 0.15) is 17.2 Å². The highest BCUT2D eigenvalue weighted by molar-refractivity contribution is 6.39. The fourth-order valence-electron chi connectivity index (χ4n) is 2.89. The summed E-state index contributed by atoms with van der Waals surface area (Å²) in [4.78, 5) is 24.3. The van der Waals surface area contributed by atoms with Gasteiger partial charge in [-0.2, -0.15) is 0 Å². The molecule has 0 saturated heterocycles. The Morgan fingerprint density at radius 1 is 1.14 bits per heavy atom. The molecule has 0 aromatic heterocycles. The van der Waals surface area contributed by atoms with Crippen molar-refractivity contribution < 1.29 is 28.9 Å². The summed E-state index contributed by atoms with van der Waals surface area (Å²) >= 11 is 0. The van der Waals surface area contributed by atoms with Gasteiger partial charge in [0.15, 0.2) is 0 Å². The van der Waals surface area contributed by atoms with Crippen LogP contribution in [-0.4, -0.2) is 44.3 Å². The van der Waals surface area contributed by atoms with Crippen molar-refractivity contribution in [1.29, 1.82) is 0 Å². The molecule has 3 rings (SSSR count). The highest BCUT2D eigenvalue weighted by atomic mass is 16.5. The lowest BCUT2D eigenvalue weighted by Gasteiger charge is -2.14. The third kappa shape index (κ3) is 4.34. The number of hydrogen-bond acceptors (Lipinski definition) is 6. The van der Waals surface area contributed by atoms with Gasteiger partial charge in [-0.1, -0.05) is 6.07 Å². The van der Waals surface area contributed by atoms with Crippen LogP contribution in [0.4, 0.5) is 5.69 Å². The first kappa shape index (κ1) is 19.5. The molecule has 0 radical (unpaired) electrons. The van der Waals surface area contributed by atoms with Gasteiger partial charge in [-0.15, -0.1) is 0 Å². The maximum Gasteiger partial charge on any atom is 0.313 e. The molecule has 1 aliphatic heterocycles. The molecule has 0 fully saturated rings. The number of methoxy groups -OCH3 is 2. The van der Waals surface area contributed by atoms with E-state index >= 15 is 0 Å². The topological polar surface area (TPSA) is 106 Å². The number of carbonyl (C=O) groups is 2. The predicted octanol–water partition coefficient (Wildman–Crippen LogP) is 1.43. The monoisotopic (exact) mass is 386 g/mol. The van der Waals surface area contributed by atoms with Gasteiger partial charge in [0, 0.05) is 19.0 Å². The third-order valence-corrected chi connectivity index (χ3v) is 4.42. The van der Waals surface area contributed by atoms with Gasteiger partial charge in [-0.3, -0.25) is 9.59 Å². The van der Waals surface area contributed by atoms with Gasteiger partial charge in [-0.25, -0.2) is 0 Å². The highest BCUT2D eigenvalue weighted by Crippen LogP contribution is 2.29. The van der Waals surface area contributed by atoms with Crippen LogP contribution in [-0.2, 0) is 16.0 Å². The standard InChI is InChI=1S/C20H22N2O6/c1-26-14-4-6-18(27-2)15(10-14)22-20(25)19(24)21-11-16(23)12-3-5-17-13(9-12)7-8-28-17/h3-6,9-10,16,23H,7-8,11H2,1-2H3,(H,21,24)(H,22,25). The van der Waals surface area contributed by atoms with Crippen molar-refractivity contribution in [3.8, 4) is 17.2 Å². The molecule has 28 heavy (non-hydrogen) atoms. The zero-order valence-corrected chi connectivity index (χ0v) is 15.7. The molecule has 2 aromatic rings. The number of carbonyl (C=O) groups excluding carboxylic acids is 2. The summed E-state index contributed by atoms with van der Waals surface area (Å²) in [5.41, 5.74) is 1.98. The fraction of sp³-hybridized carbons (Fsp3) is 0.300. The van der Waals surface area contributed by atoms with E-state index in [0.717, 1.165) is 17.7 Å². The molecule has 3 N–H and O–H groups in total. The van der Waals surface area contributed by atoms with Crippen LogP contribution in [0.5, 0.6) is 17.2 Å². The molecule has 2 amide bonds. The first-order chi connectivity index (χ1) is 13.5. The van der Waals surface area contributed by atoms with Crippen molar-refractivity contribution in [3.05, 3.63) is 47.5 Å². The zero-order valence-electron chi connectivity index (χ0n) is 15.7. The van der Waals surface area contributed by atoms with Crippen molar-refractivity contribution >= 4 is 17.5 Å². The highest BCUT2D eigenvalue weighted by Gasteiger charge is 2.19. The minimum absolute atomic E-state index is 0.0961. The normalized spacial score (nSPS) is 13.1. The Morgan fingerprint density at radius 3 is 2.71 bits per heavy atom. The minimum Gasteiger partial charge on any atom is -0.497 e. The summed E-state index contributed by atoms with van der Waals surface area (Å²) in [6.45, 7) is 0.528. The average Bonchev–Trinajstić information content (AvgIpc) is 3.19. The predicted molar refractivity (Wildman–Crippen MR) is 102 cm³/mol. The van der Waals surface area contributed by atoms with E-state index in [1.54, 1.807) is 30.3 Å². The molecule has 1 aliphatic rings. The van der Waals surface area contributed by atoms with Crippen LogP contribution in [0, 0.1) is 0 Å². The van der Waals surface area contributed by atoms with Gasteiger partial charge in [0.05, 0.1) is 32.6 Å². The van der Waals surface area contributed by atoms with Crippen molar-refractivity contribution in [2.45, 2.75) is 12.5 Å². The quantitative estimate of drug-likeness (QED) is 0.649. The van der Waals surface area contributed by atoms with Gasteiger partial charge in [0.2, 0.25) is 0 Å². The number of benzene rings is 2. The van der Waals surface area contributed by atoms with E-state index in [1.807, 2.05) is 6.07 Å². The molecule has 0 spiro atoms. The van der Waals surface area contributed by atoms with E-state index in [4.69, 9.17) is 14.2 Å². The number of ether oxygens (including phenoxy) is 3. The number of aliphatic hydroxyl groups excluding tert-OH is 1. The zero-order chi connectivity index (χ0) is 20.1. The Balaban J connectivity index is 1.58. The Morgan fingerprint density at radius 2 is 1.96 bits per heavy atom. The van der Waals surface area contributed by atoms with E-state index in [1.165, 1.54) is 14.2 Å². The minimum atomic E-state index is -0.936. The lowest BCUT2D eigenvalue weighted by Crippen LogP contribution is -2.37. The van der Waals surface area contributed by atoms with Crippen LogP contribution in [0.1, 0.15) is 17.2 Å². The lowest BCUT2D eigenvalue weighted by atomic mass is 10.0. The first-order valence-corrected chi connectivity index (χ1v) is 8.76. The smallest absolute Gasteiger partial charge is 0.313 e. The van der Waals surface area contributed by atoms with Gasteiger partial charge in [-0.05, 0) is 35.4 Å². The van der Waals surface area contributed by atoms with E-state index in [2.05, 4.69) is 10.6 Å². The summed E-state index contributed by atoms with van der Waals surface area (Å²) in [6.07, 6.45) is -0.151. The van der Waals surface area contributed by atoms with Gasteiger partial charge < -0.3 is 30.0 Å². The Labute approximate surface area is 162 Å². The van der Waals surface area contributed by atoms with Crippen LogP contribution in [0.2, 0.25) is 0 Å². The first-order valence-electron chi connectivity index (χ1n) is 8.76. The largest absolute Gasteiger partial charge is 0.497 e. The van der Waals surface area contributed by atoms with E-state index in [0.29, 0.717) is 29.4 Å². The number of nitrogens with one attached hydrogen (secondary N) is 2. The molecule has 8 heteroatoms. The van der Waals surface area contributed by atoms with Crippen molar-refractivity contribution in [1.82, 2.24) is 5.32 Å². The molecule has 1 heterocycles. The van der Waals surface area contributed by atoms with Crippen LogP contribution in [0.25, 0.3) is 0 Å². The molecule has 148 valence electrons. The van der Waals surface area contributed by atoms with E-state index in [-0.39, 0.29) is 6.54 Å². The van der Waals surface area contributed by atoms with Crippen LogP contribution in [0.15, 0.2) is 36.4 Å². The maximum absolute atomic E-state index is 12.2. The molecular formula is C20H22N2O6. The Hall–Kier alpha value is -3.26. The second-order valence-electron chi connectivity index (χ2n) is 6.21. The van der Waals surface area contributed by atoms with Gasteiger partial charge in [0.25, 0.3) is 0 Å². The third-order valence-electron chi connectivity index (χ3n) is 4.42. The van der Waals surface area contributed by atoms with E-state index < -0.39 is 17.9 Å². The second kappa shape index (κ2) is 8.62. The fourth-order valence-corrected chi connectivity index (χ4v) is 2.89. The number of fused-ring (bicyclic) bond motifs is 1. The molecule has 0 aliphatic carbocycles. The van der Waals surface area contributed by atoms with Crippen molar-refractivity contribution in [2.75, 3.05) is 32.7 Å². The van der Waals surface area contributed by atoms with Crippen molar-refractivity contribution in [3.63, 3.8) is 0 Å². The molecule has 8 nitrogen and oxygen atoms in total. The average molecular weight is 386 g/mol. The summed E-state index contributed by atoms with van der Waals surface area (Å²) in [5, 5.41) is 15.2. The number of anilines is 1. The van der Waals surface area contributed by atoms with Crippen LogP contribution in [0.3, 0.4) is 0 Å². The van der Waals surface area contributed by atoms with Crippen LogP contribution >= 0.6 is 0 Å². The Bertz CT molecular complexity index is 883. The molecule has 2 aromatic carbocycles. The number of hydrogen-bond donors (Lipinski definition) is 3. The molecule has 1 unspecified atom stereocenters. The van der Waals surface area contributed by atoms with E-state index in [9.17, 15) is 14.7 Å². The lowest BCUT2D eigenvalue weighted by molar-refractivity contribution is -0.136. The summed E-state index contributed by atoms with van der Waals surface area (Å²) < 4.78 is 15.7.